The standard InChI is InChI=1S/C10H13BrO3/c1-5-4-7(14-3)10(13)9(11)8(5)6(2)12/h4,6,12-13H,1-3H3. The van der Waals surface area contributed by atoms with Crippen molar-refractivity contribution < 1.29 is 14.9 Å². The number of aromatic hydroxyl groups is 1. The third-order valence-corrected chi connectivity index (χ3v) is 2.89. The molecular formula is C10H13BrO3. The number of benzene rings is 1. The van der Waals surface area contributed by atoms with Gasteiger partial charge in [-0.05, 0) is 41.4 Å². The molecule has 78 valence electrons. The summed E-state index contributed by atoms with van der Waals surface area (Å²) in [5.74, 6) is 0.424. The Hall–Kier alpha value is -0.740. The Morgan fingerprint density at radius 2 is 2.07 bits per heavy atom. The molecule has 0 bridgehead atoms. The first kappa shape index (κ1) is 11.3. The largest absolute Gasteiger partial charge is 0.503 e. The number of phenolic OH excluding ortho intramolecular Hbond substituents is 1. The number of rotatable bonds is 2. The molecule has 2 N–H and O–H groups in total. The van der Waals surface area contributed by atoms with Crippen molar-refractivity contribution in [2.45, 2.75) is 20.0 Å². The fourth-order valence-electron chi connectivity index (χ4n) is 1.42. The summed E-state index contributed by atoms with van der Waals surface area (Å²) in [6.45, 7) is 3.51. The fraction of sp³-hybridized carbons (Fsp3) is 0.400. The van der Waals surface area contributed by atoms with Crippen LogP contribution in [0.15, 0.2) is 10.5 Å². The zero-order chi connectivity index (χ0) is 10.9. The summed E-state index contributed by atoms with van der Waals surface area (Å²) in [6, 6.07) is 1.70. The molecule has 0 fully saturated rings. The van der Waals surface area contributed by atoms with Crippen LogP contribution >= 0.6 is 15.9 Å². The van der Waals surface area contributed by atoms with Gasteiger partial charge in [0.15, 0.2) is 11.5 Å². The first-order valence-corrected chi connectivity index (χ1v) is 5.02. The van der Waals surface area contributed by atoms with Crippen LogP contribution in [0.2, 0.25) is 0 Å². The van der Waals surface area contributed by atoms with Crippen molar-refractivity contribution in [1.82, 2.24) is 0 Å². The first-order chi connectivity index (χ1) is 6.49. The summed E-state index contributed by atoms with van der Waals surface area (Å²) >= 11 is 3.23. The molecule has 0 aliphatic rings. The molecule has 0 aromatic heterocycles. The molecule has 0 heterocycles. The summed E-state index contributed by atoms with van der Waals surface area (Å²) in [7, 11) is 1.49. The highest BCUT2D eigenvalue weighted by atomic mass is 79.9. The molecule has 0 aliphatic carbocycles. The second-order valence-electron chi connectivity index (χ2n) is 3.15. The second kappa shape index (κ2) is 4.19. The van der Waals surface area contributed by atoms with Crippen LogP contribution in [0.5, 0.6) is 11.5 Å². The predicted molar refractivity (Wildman–Crippen MR) is 57.7 cm³/mol. The maximum absolute atomic E-state index is 9.67. The van der Waals surface area contributed by atoms with Crippen molar-refractivity contribution in [1.29, 1.82) is 0 Å². The first-order valence-electron chi connectivity index (χ1n) is 4.23. The summed E-state index contributed by atoms with van der Waals surface area (Å²) in [5, 5.41) is 19.2. The number of aryl methyl sites for hydroxylation is 1. The Morgan fingerprint density at radius 3 is 2.50 bits per heavy atom. The van der Waals surface area contributed by atoms with Gasteiger partial charge in [-0.15, -0.1) is 0 Å². The number of phenols is 1. The van der Waals surface area contributed by atoms with Crippen molar-refractivity contribution in [3.05, 3.63) is 21.7 Å². The molecule has 1 rings (SSSR count). The number of aliphatic hydroxyl groups excluding tert-OH is 1. The monoisotopic (exact) mass is 260 g/mol. The van der Waals surface area contributed by atoms with Crippen molar-refractivity contribution in [3.8, 4) is 11.5 Å². The average molecular weight is 261 g/mol. The number of methoxy groups -OCH3 is 1. The Balaban J connectivity index is 3.41. The van der Waals surface area contributed by atoms with Crippen LogP contribution in [0.25, 0.3) is 0 Å². The summed E-state index contributed by atoms with van der Waals surface area (Å²) in [4.78, 5) is 0. The molecule has 0 spiro atoms. The molecule has 0 saturated heterocycles. The van der Waals surface area contributed by atoms with Gasteiger partial charge in [-0.2, -0.15) is 0 Å². The number of aliphatic hydroxyl groups is 1. The Morgan fingerprint density at radius 1 is 1.50 bits per heavy atom. The highest BCUT2D eigenvalue weighted by Gasteiger charge is 2.17. The number of ether oxygens (including phenoxy) is 1. The van der Waals surface area contributed by atoms with Crippen LogP contribution in [0.4, 0.5) is 0 Å². The quantitative estimate of drug-likeness (QED) is 0.860. The molecular weight excluding hydrogens is 248 g/mol. The maximum Gasteiger partial charge on any atom is 0.172 e. The lowest BCUT2D eigenvalue weighted by molar-refractivity contribution is 0.197. The number of hydrogen-bond acceptors (Lipinski definition) is 3. The summed E-state index contributed by atoms with van der Waals surface area (Å²) in [6.07, 6.45) is -0.624. The van der Waals surface area contributed by atoms with Crippen LogP contribution in [-0.4, -0.2) is 17.3 Å². The number of halogens is 1. The van der Waals surface area contributed by atoms with Crippen LogP contribution in [-0.2, 0) is 0 Å². The summed E-state index contributed by atoms with van der Waals surface area (Å²) in [5.41, 5.74) is 1.56. The van der Waals surface area contributed by atoms with Crippen LogP contribution < -0.4 is 4.74 Å². The van der Waals surface area contributed by atoms with E-state index in [4.69, 9.17) is 4.74 Å². The van der Waals surface area contributed by atoms with E-state index in [-0.39, 0.29) is 5.75 Å². The van der Waals surface area contributed by atoms with Gasteiger partial charge >= 0.3 is 0 Å². The van der Waals surface area contributed by atoms with Crippen molar-refractivity contribution in [3.63, 3.8) is 0 Å². The third-order valence-electron chi connectivity index (χ3n) is 2.09. The lowest BCUT2D eigenvalue weighted by Gasteiger charge is -2.15. The molecule has 0 radical (unpaired) electrons. The smallest absolute Gasteiger partial charge is 0.172 e. The van der Waals surface area contributed by atoms with Gasteiger partial charge in [-0.1, -0.05) is 0 Å². The highest BCUT2D eigenvalue weighted by Crippen LogP contribution is 2.40. The molecule has 1 aromatic carbocycles. The fourth-order valence-corrected chi connectivity index (χ4v) is 2.26. The van der Waals surface area contributed by atoms with Gasteiger partial charge in [0.2, 0.25) is 0 Å². The molecule has 14 heavy (non-hydrogen) atoms. The van der Waals surface area contributed by atoms with Crippen molar-refractivity contribution >= 4 is 15.9 Å². The van der Waals surface area contributed by atoms with Gasteiger partial charge in [-0.25, -0.2) is 0 Å². The van der Waals surface area contributed by atoms with E-state index in [0.717, 1.165) is 5.56 Å². The minimum atomic E-state index is -0.624. The van der Waals surface area contributed by atoms with Crippen LogP contribution in [0, 0.1) is 6.92 Å². The molecule has 4 heteroatoms. The summed E-state index contributed by atoms with van der Waals surface area (Å²) < 4.78 is 5.47. The second-order valence-corrected chi connectivity index (χ2v) is 3.94. The molecule has 0 amide bonds. The molecule has 0 saturated carbocycles. The van der Waals surface area contributed by atoms with E-state index >= 15 is 0 Å². The van der Waals surface area contributed by atoms with E-state index in [1.807, 2.05) is 6.92 Å². The molecule has 0 aliphatic heterocycles. The van der Waals surface area contributed by atoms with E-state index in [2.05, 4.69) is 15.9 Å². The van der Waals surface area contributed by atoms with E-state index in [1.165, 1.54) is 7.11 Å². The van der Waals surface area contributed by atoms with Gasteiger partial charge in [0.25, 0.3) is 0 Å². The molecule has 1 unspecified atom stereocenters. The Bertz CT molecular complexity index is 348. The SMILES string of the molecule is COc1cc(C)c(C(C)O)c(Br)c1O. The van der Waals surface area contributed by atoms with E-state index in [0.29, 0.717) is 15.8 Å². The zero-order valence-corrected chi connectivity index (χ0v) is 9.92. The average Bonchev–Trinajstić information content (AvgIpc) is 2.10. The molecule has 1 aromatic rings. The van der Waals surface area contributed by atoms with Crippen LogP contribution in [0.3, 0.4) is 0 Å². The topological polar surface area (TPSA) is 49.7 Å². The zero-order valence-electron chi connectivity index (χ0n) is 8.34. The van der Waals surface area contributed by atoms with Gasteiger partial charge in [-0.3, -0.25) is 0 Å². The Kier molecular flexibility index (Phi) is 3.39. The van der Waals surface area contributed by atoms with Gasteiger partial charge < -0.3 is 14.9 Å². The predicted octanol–water partition coefficient (Wildman–Crippen LogP) is 2.53. The minimum Gasteiger partial charge on any atom is -0.503 e. The van der Waals surface area contributed by atoms with E-state index < -0.39 is 6.10 Å². The molecule has 3 nitrogen and oxygen atoms in total. The van der Waals surface area contributed by atoms with Gasteiger partial charge in [0.05, 0.1) is 17.7 Å². The van der Waals surface area contributed by atoms with Crippen LogP contribution in [0.1, 0.15) is 24.2 Å². The lowest BCUT2D eigenvalue weighted by atomic mass is 10.0. The minimum absolute atomic E-state index is 0.0222. The maximum atomic E-state index is 9.67. The van der Waals surface area contributed by atoms with Crippen molar-refractivity contribution in [2.75, 3.05) is 7.11 Å². The van der Waals surface area contributed by atoms with E-state index in [1.54, 1.807) is 13.0 Å². The van der Waals surface area contributed by atoms with Crippen molar-refractivity contribution in [2.24, 2.45) is 0 Å². The lowest BCUT2D eigenvalue weighted by Crippen LogP contribution is -1.98. The highest BCUT2D eigenvalue weighted by molar-refractivity contribution is 9.10. The van der Waals surface area contributed by atoms with Gasteiger partial charge in [0.1, 0.15) is 0 Å². The normalized spacial score (nSPS) is 12.6. The van der Waals surface area contributed by atoms with E-state index in [9.17, 15) is 10.2 Å². The molecule has 1 atom stereocenters. The Labute approximate surface area is 91.5 Å². The van der Waals surface area contributed by atoms with Gasteiger partial charge in [0, 0.05) is 5.56 Å². The third kappa shape index (κ3) is 1.86. The number of hydrogen-bond donors (Lipinski definition) is 2.